The molecule has 1 aliphatic heterocycles. The topological polar surface area (TPSA) is 120 Å². The number of imide groups is 2. The molecular formula is C16H10N3O5-. The van der Waals surface area contributed by atoms with Gasteiger partial charge in [0.25, 0.3) is 11.8 Å². The van der Waals surface area contributed by atoms with E-state index in [2.05, 4.69) is 0 Å². The monoisotopic (exact) mass is 324 g/mol. The van der Waals surface area contributed by atoms with Gasteiger partial charge in [-0.2, -0.15) is 0 Å². The molecule has 1 aliphatic rings. The Hall–Kier alpha value is -3.68. The van der Waals surface area contributed by atoms with Gasteiger partial charge in [-0.3, -0.25) is 20.2 Å². The number of aromatic carboxylic acids is 1. The molecule has 8 heteroatoms. The van der Waals surface area contributed by atoms with E-state index in [-0.39, 0.29) is 11.1 Å². The Bertz CT molecular complexity index is 871. The molecule has 4 amide bonds. The number of barbiturate groups is 1. The summed E-state index contributed by atoms with van der Waals surface area (Å²) in [5.41, 5.74) is 0.965. The smallest absolute Gasteiger partial charge is 0.328 e. The maximum absolute atomic E-state index is 11.8. The number of carboxylic acid groups (broad SMARTS) is 1. The van der Waals surface area contributed by atoms with Crippen LogP contribution in [0.15, 0.2) is 48.2 Å². The van der Waals surface area contributed by atoms with Crippen LogP contribution in [0, 0.1) is 0 Å². The van der Waals surface area contributed by atoms with E-state index in [0.29, 0.717) is 11.4 Å². The van der Waals surface area contributed by atoms with Crippen molar-refractivity contribution in [2.75, 3.05) is 0 Å². The van der Waals surface area contributed by atoms with Crippen molar-refractivity contribution in [3.63, 3.8) is 0 Å². The highest BCUT2D eigenvalue weighted by Gasteiger charge is 2.27. The van der Waals surface area contributed by atoms with Gasteiger partial charge in [-0.15, -0.1) is 0 Å². The van der Waals surface area contributed by atoms with Crippen LogP contribution in [0.5, 0.6) is 0 Å². The summed E-state index contributed by atoms with van der Waals surface area (Å²) >= 11 is 0. The van der Waals surface area contributed by atoms with Gasteiger partial charge >= 0.3 is 6.03 Å². The number of urea groups is 1. The molecule has 2 aromatic rings. The first-order chi connectivity index (χ1) is 11.5. The Morgan fingerprint density at radius 1 is 1.00 bits per heavy atom. The lowest BCUT2D eigenvalue weighted by Crippen LogP contribution is -2.51. The molecule has 0 saturated carbocycles. The van der Waals surface area contributed by atoms with Gasteiger partial charge < -0.3 is 14.5 Å². The Morgan fingerprint density at radius 2 is 1.62 bits per heavy atom. The van der Waals surface area contributed by atoms with E-state index in [1.165, 1.54) is 18.2 Å². The average Bonchev–Trinajstić information content (AvgIpc) is 2.99. The van der Waals surface area contributed by atoms with E-state index in [0.717, 1.165) is 0 Å². The number of aromatic nitrogens is 1. The average molecular weight is 324 g/mol. The number of carboxylic acids is 1. The van der Waals surface area contributed by atoms with E-state index in [4.69, 9.17) is 0 Å². The van der Waals surface area contributed by atoms with Crippen LogP contribution >= 0.6 is 0 Å². The van der Waals surface area contributed by atoms with Crippen molar-refractivity contribution >= 4 is 29.9 Å². The van der Waals surface area contributed by atoms with Crippen LogP contribution in [0.1, 0.15) is 16.1 Å². The third-order valence-electron chi connectivity index (χ3n) is 3.40. The van der Waals surface area contributed by atoms with Gasteiger partial charge in [0.15, 0.2) is 0 Å². The summed E-state index contributed by atoms with van der Waals surface area (Å²) in [6, 6.07) is 8.41. The Balaban J connectivity index is 1.97. The normalized spacial score (nSPS) is 14.2. The van der Waals surface area contributed by atoms with Crippen molar-refractivity contribution in [3.05, 3.63) is 59.4 Å². The molecule has 2 heterocycles. The van der Waals surface area contributed by atoms with Crippen molar-refractivity contribution in [1.29, 1.82) is 0 Å². The zero-order valence-electron chi connectivity index (χ0n) is 12.1. The van der Waals surface area contributed by atoms with Gasteiger partial charge in [0.1, 0.15) is 5.57 Å². The molecule has 8 nitrogen and oxygen atoms in total. The number of carbonyl (C=O) groups excluding carboxylic acids is 4. The predicted molar refractivity (Wildman–Crippen MR) is 79.8 cm³/mol. The van der Waals surface area contributed by atoms with E-state index >= 15 is 0 Å². The van der Waals surface area contributed by atoms with Crippen molar-refractivity contribution in [2.24, 2.45) is 0 Å². The molecule has 3 rings (SSSR count). The molecule has 1 aromatic heterocycles. The van der Waals surface area contributed by atoms with Gasteiger partial charge in [0.2, 0.25) is 0 Å². The number of benzene rings is 1. The van der Waals surface area contributed by atoms with Crippen molar-refractivity contribution in [3.8, 4) is 5.69 Å². The standard InChI is InChI=1S/C16H11N3O5/c20-13-12(14(21)18-16(24)17-13)8-11-2-1-7-19(11)10-5-3-9(4-6-10)15(22)23/h1-8H,(H,22,23)(H2,17,18,20,21,24)/p-1. The summed E-state index contributed by atoms with van der Waals surface area (Å²) in [5, 5.41) is 14.8. The van der Waals surface area contributed by atoms with Crippen LogP contribution in [-0.4, -0.2) is 28.4 Å². The molecule has 24 heavy (non-hydrogen) atoms. The van der Waals surface area contributed by atoms with Crippen molar-refractivity contribution in [2.45, 2.75) is 0 Å². The van der Waals surface area contributed by atoms with Crippen LogP contribution < -0.4 is 15.7 Å². The summed E-state index contributed by atoms with van der Waals surface area (Å²) in [4.78, 5) is 45.4. The fourth-order valence-corrected chi connectivity index (χ4v) is 2.26. The number of carbonyl (C=O) groups is 4. The highest BCUT2D eigenvalue weighted by molar-refractivity contribution is 6.31. The first-order valence-electron chi connectivity index (χ1n) is 6.83. The summed E-state index contributed by atoms with van der Waals surface area (Å²) in [7, 11) is 0. The number of nitrogens with zero attached hydrogens (tertiary/aromatic N) is 1. The highest BCUT2D eigenvalue weighted by Crippen LogP contribution is 2.17. The van der Waals surface area contributed by atoms with Gasteiger partial charge in [-0.1, -0.05) is 12.1 Å². The Labute approximate surface area is 135 Å². The van der Waals surface area contributed by atoms with Gasteiger partial charge in [0, 0.05) is 17.6 Å². The molecule has 0 atom stereocenters. The minimum absolute atomic E-state index is 0.0374. The maximum Gasteiger partial charge on any atom is 0.328 e. The number of hydrogen-bond donors (Lipinski definition) is 2. The second-order valence-corrected chi connectivity index (χ2v) is 4.93. The number of nitrogens with one attached hydrogen (secondary N) is 2. The predicted octanol–water partition coefficient (Wildman–Crippen LogP) is -0.410. The molecule has 1 fully saturated rings. The lowest BCUT2D eigenvalue weighted by Gasteiger charge is -2.14. The molecule has 0 aliphatic carbocycles. The number of rotatable bonds is 3. The molecule has 1 aromatic carbocycles. The molecule has 0 unspecified atom stereocenters. The molecule has 120 valence electrons. The van der Waals surface area contributed by atoms with Crippen LogP contribution in [0.25, 0.3) is 11.8 Å². The maximum atomic E-state index is 11.8. The first-order valence-corrected chi connectivity index (χ1v) is 6.83. The van der Waals surface area contributed by atoms with Crippen LogP contribution in [0.2, 0.25) is 0 Å². The van der Waals surface area contributed by atoms with Crippen molar-refractivity contribution < 1.29 is 24.3 Å². The van der Waals surface area contributed by atoms with Crippen LogP contribution in [0.4, 0.5) is 4.79 Å². The fourth-order valence-electron chi connectivity index (χ4n) is 2.26. The summed E-state index contributed by atoms with van der Waals surface area (Å²) < 4.78 is 1.66. The lowest BCUT2D eigenvalue weighted by molar-refractivity contribution is -0.255. The Kier molecular flexibility index (Phi) is 3.70. The van der Waals surface area contributed by atoms with E-state index in [1.807, 2.05) is 10.6 Å². The molecule has 2 N–H and O–H groups in total. The minimum Gasteiger partial charge on any atom is -0.545 e. The molecule has 0 spiro atoms. The molecule has 1 saturated heterocycles. The van der Waals surface area contributed by atoms with Crippen LogP contribution in [-0.2, 0) is 9.59 Å². The molecule has 0 radical (unpaired) electrons. The van der Waals surface area contributed by atoms with Crippen LogP contribution in [0.3, 0.4) is 0 Å². The summed E-state index contributed by atoms with van der Waals surface area (Å²) in [6.45, 7) is 0. The zero-order chi connectivity index (χ0) is 17.3. The summed E-state index contributed by atoms with van der Waals surface area (Å²) in [6.07, 6.45) is 3.02. The lowest BCUT2D eigenvalue weighted by atomic mass is 10.1. The second-order valence-electron chi connectivity index (χ2n) is 4.93. The third-order valence-corrected chi connectivity index (χ3v) is 3.40. The third kappa shape index (κ3) is 2.80. The molecule has 0 bridgehead atoms. The number of hydrogen-bond acceptors (Lipinski definition) is 5. The fraction of sp³-hybridized carbons (Fsp3) is 0. The number of amides is 4. The van der Waals surface area contributed by atoms with E-state index in [9.17, 15) is 24.3 Å². The van der Waals surface area contributed by atoms with Crippen molar-refractivity contribution in [1.82, 2.24) is 15.2 Å². The van der Waals surface area contributed by atoms with E-state index in [1.54, 1.807) is 35.0 Å². The van der Waals surface area contributed by atoms with Gasteiger partial charge in [-0.05, 0) is 35.9 Å². The van der Waals surface area contributed by atoms with Gasteiger partial charge in [-0.25, -0.2) is 4.79 Å². The second kappa shape index (κ2) is 5.84. The molecular weight excluding hydrogens is 314 g/mol. The Morgan fingerprint density at radius 3 is 2.21 bits per heavy atom. The SMILES string of the molecule is O=C1NC(=O)C(=Cc2cccn2-c2ccc(C(=O)[O-])cc2)C(=O)N1. The minimum atomic E-state index is -1.28. The summed E-state index contributed by atoms with van der Waals surface area (Å²) in [5.74, 6) is -2.86. The first kappa shape index (κ1) is 15.2. The van der Waals surface area contributed by atoms with E-state index < -0.39 is 23.8 Å². The van der Waals surface area contributed by atoms with Gasteiger partial charge in [0.05, 0.1) is 5.97 Å². The largest absolute Gasteiger partial charge is 0.545 e. The quantitative estimate of drug-likeness (QED) is 0.587. The zero-order valence-corrected chi connectivity index (χ0v) is 12.1. The highest BCUT2D eigenvalue weighted by atomic mass is 16.4.